The minimum Gasteiger partial charge on any atom is -0.494 e. The van der Waals surface area contributed by atoms with Crippen molar-refractivity contribution in [2.24, 2.45) is 5.14 Å². The summed E-state index contributed by atoms with van der Waals surface area (Å²) in [5.41, 5.74) is 1.14. The number of ether oxygens (including phenoxy) is 2. The molecule has 2 aromatic carbocycles. The van der Waals surface area contributed by atoms with Gasteiger partial charge in [0.05, 0.1) is 23.7 Å². The minimum absolute atomic E-state index is 0.0257. The Balaban J connectivity index is 2.09. The fourth-order valence-corrected chi connectivity index (χ4v) is 2.81. The number of sulfonamides is 1. The van der Waals surface area contributed by atoms with Crippen LogP contribution in [-0.4, -0.2) is 27.5 Å². The Bertz CT molecular complexity index is 864. The number of carbonyl (C=O) groups is 1. The first-order chi connectivity index (χ1) is 12.3. The molecule has 26 heavy (non-hydrogen) atoms. The summed E-state index contributed by atoms with van der Waals surface area (Å²) < 4.78 is 33.5. The summed E-state index contributed by atoms with van der Waals surface area (Å²) in [6.45, 7) is 4.89. The molecule has 8 heteroatoms. The molecule has 0 aliphatic heterocycles. The van der Waals surface area contributed by atoms with Crippen molar-refractivity contribution in [3.05, 3.63) is 53.6 Å². The zero-order valence-electron chi connectivity index (χ0n) is 14.7. The van der Waals surface area contributed by atoms with Gasteiger partial charge in [-0.15, -0.1) is 0 Å². The van der Waals surface area contributed by atoms with E-state index in [0.29, 0.717) is 30.3 Å². The van der Waals surface area contributed by atoms with Crippen LogP contribution in [0.4, 0.5) is 0 Å². The molecule has 0 saturated carbocycles. The number of amides is 1. The van der Waals surface area contributed by atoms with Gasteiger partial charge in [0.25, 0.3) is 5.91 Å². The predicted octanol–water partition coefficient (Wildman–Crippen LogP) is 2.06. The third-order valence-electron chi connectivity index (χ3n) is 3.51. The van der Waals surface area contributed by atoms with Crippen LogP contribution < -0.4 is 19.9 Å². The lowest BCUT2D eigenvalue weighted by Gasteiger charge is -2.13. The molecule has 0 spiro atoms. The van der Waals surface area contributed by atoms with Gasteiger partial charge in [-0.3, -0.25) is 4.79 Å². The third-order valence-corrected chi connectivity index (χ3v) is 4.44. The standard InChI is InChI=1S/C18H22N2O5S/c1-3-24-14-7-10-16(17(11-14)25-4-2)18(21)20-12-13-5-8-15(9-6-13)26(19,22)23/h5-11H,3-4,12H2,1-2H3,(H,20,21)(H2,19,22,23). The Hall–Kier alpha value is -2.58. The third kappa shape index (κ3) is 5.21. The Morgan fingerprint density at radius 2 is 1.69 bits per heavy atom. The highest BCUT2D eigenvalue weighted by Crippen LogP contribution is 2.25. The highest BCUT2D eigenvalue weighted by atomic mass is 32.2. The van der Waals surface area contributed by atoms with Crippen LogP contribution in [0, 0.1) is 0 Å². The van der Waals surface area contributed by atoms with E-state index in [-0.39, 0.29) is 17.3 Å². The summed E-state index contributed by atoms with van der Waals surface area (Å²) in [7, 11) is -3.73. The van der Waals surface area contributed by atoms with Crippen LogP contribution in [0.3, 0.4) is 0 Å². The van der Waals surface area contributed by atoms with Crippen molar-refractivity contribution in [1.29, 1.82) is 0 Å². The first kappa shape index (κ1) is 19.7. The second-order valence-corrected chi connectivity index (χ2v) is 6.96. The summed E-state index contributed by atoms with van der Waals surface area (Å²) >= 11 is 0. The van der Waals surface area contributed by atoms with E-state index in [1.165, 1.54) is 12.1 Å². The molecular formula is C18H22N2O5S. The number of rotatable bonds is 8. The smallest absolute Gasteiger partial charge is 0.255 e. The van der Waals surface area contributed by atoms with Gasteiger partial charge >= 0.3 is 0 Å². The molecule has 7 nitrogen and oxygen atoms in total. The van der Waals surface area contributed by atoms with E-state index in [1.54, 1.807) is 30.3 Å². The Kier molecular flexibility index (Phi) is 6.59. The quantitative estimate of drug-likeness (QED) is 0.731. The fourth-order valence-electron chi connectivity index (χ4n) is 2.30. The van der Waals surface area contributed by atoms with Crippen LogP contribution in [0.1, 0.15) is 29.8 Å². The molecule has 0 bridgehead atoms. The Morgan fingerprint density at radius 1 is 1.04 bits per heavy atom. The molecule has 1 amide bonds. The number of hydrogen-bond donors (Lipinski definition) is 2. The maximum Gasteiger partial charge on any atom is 0.255 e. The second-order valence-electron chi connectivity index (χ2n) is 5.40. The molecule has 140 valence electrons. The van der Waals surface area contributed by atoms with Crippen molar-refractivity contribution in [1.82, 2.24) is 5.32 Å². The first-order valence-electron chi connectivity index (χ1n) is 8.14. The van der Waals surface area contributed by atoms with Gasteiger partial charge in [-0.25, -0.2) is 13.6 Å². The lowest BCUT2D eigenvalue weighted by Crippen LogP contribution is -2.23. The van der Waals surface area contributed by atoms with E-state index in [2.05, 4.69) is 5.32 Å². The molecule has 0 atom stereocenters. The molecule has 0 radical (unpaired) electrons. The average Bonchev–Trinajstić information content (AvgIpc) is 2.60. The number of nitrogens with two attached hydrogens (primary N) is 1. The second kappa shape index (κ2) is 8.68. The summed E-state index contributed by atoms with van der Waals surface area (Å²) in [6.07, 6.45) is 0. The molecule has 0 aromatic heterocycles. The zero-order chi connectivity index (χ0) is 19.2. The number of carbonyl (C=O) groups excluding carboxylic acids is 1. The monoisotopic (exact) mass is 378 g/mol. The molecule has 0 saturated heterocycles. The normalized spacial score (nSPS) is 11.0. The largest absolute Gasteiger partial charge is 0.494 e. The average molecular weight is 378 g/mol. The Labute approximate surface area is 153 Å². The molecule has 2 rings (SSSR count). The van der Waals surface area contributed by atoms with Gasteiger partial charge in [0, 0.05) is 12.6 Å². The van der Waals surface area contributed by atoms with Crippen LogP contribution in [0.5, 0.6) is 11.5 Å². The molecular weight excluding hydrogens is 356 g/mol. The van der Waals surface area contributed by atoms with Gasteiger partial charge in [0.1, 0.15) is 11.5 Å². The number of hydrogen-bond acceptors (Lipinski definition) is 5. The zero-order valence-corrected chi connectivity index (χ0v) is 15.5. The minimum atomic E-state index is -3.73. The van der Waals surface area contributed by atoms with Crippen molar-refractivity contribution in [2.75, 3.05) is 13.2 Å². The van der Waals surface area contributed by atoms with Crippen LogP contribution in [0.15, 0.2) is 47.4 Å². The maximum absolute atomic E-state index is 12.5. The van der Waals surface area contributed by atoms with Gasteiger partial charge in [-0.05, 0) is 43.7 Å². The van der Waals surface area contributed by atoms with E-state index >= 15 is 0 Å². The lowest BCUT2D eigenvalue weighted by molar-refractivity contribution is 0.0947. The van der Waals surface area contributed by atoms with Crippen molar-refractivity contribution in [2.45, 2.75) is 25.3 Å². The van der Waals surface area contributed by atoms with Crippen molar-refractivity contribution in [3.8, 4) is 11.5 Å². The Morgan fingerprint density at radius 3 is 2.27 bits per heavy atom. The van der Waals surface area contributed by atoms with Gasteiger partial charge in [0.15, 0.2) is 0 Å². The van der Waals surface area contributed by atoms with Crippen molar-refractivity contribution < 1.29 is 22.7 Å². The maximum atomic E-state index is 12.5. The van der Waals surface area contributed by atoms with Crippen LogP contribution in [0.2, 0.25) is 0 Å². The van der Waals surface area contributed by atoms with Gasteiger partial charge in [-0.1, -0.05) is 12.1 Å². The first-order valence-corrected chi connectivity index (χ1v) is 9.69. The van der Waals surface area contributed by atoms with E-state index in [1.807, 2.05) is 13.8 Å². The molecule has 2 aromatic rings. The summed E-state index contributed by atoms with van der Waals surface area (Å²) in [5.74, 6) is 0.777. The number of benzene rings is 2. The SMILES string of the molecule is CCOc1ccc(C(=O)NCc2ccc(S(N)(=O)=O)cc2)c(OCC)c1. The van der Waals surface area contributed by atoms with E-state index < -0.39 is 10.0 Å². The molecule has 0 aliphatic carbocycles. The highest BCUT2D eigenvalue weighted by molar-refractivity contribution is 7.89. The summed E-state index contributed by atoms with van der Waals surface area (Å²) in [5, 5.41) is 7.85. The topological polar surface area (TPSA) is 108 Å². The van der Waals surface area contributed by atoms with Crippen LogP contribution >= 0.6 is 0 Å². The number of primary sulfonamides is 1. The van der Waals surface area contributed by atoms with E-state index in [4.69, 9.17) is 14.6 Å². The van der Waals surface area contributed by atoms with Gasteiger partial charge in [0.2, 0.25) is 10.0 Å². The van der Waals surface area contributed by atoms with E-state index in [9.17, 15) is 13.2 Å². The van der Waals surface area contributed by atoms with E-state index in [0.717, 1.165) is 5.56 Å². The molecule has 0 aliphatic rings. The lowest BCUT2D eigenvalue weighted by atomic mass is 10.1. The summed E-state index contributed by atoms with van der Waals surface area (Å²) in [4.78, 5) is 12.5. The predicted molar refractivity (Wildman–Crippen MR) is 97.8 cm³/mol. The van der Waals surface area contributed by atoms with Crippen LogP contribution in [0.25, 0.3) is 0 Å². The molecule has 0 heterocycles. The highest BCUT2D eigenvalue weighted by Gasteiger charge is 2.14. The number of nitrogens with one attached hydrogen (secondary N) is 1. The summed E-state index contributed by atoms with van der Waals surface area (Å²) in [6, 6.07) is 11.0. The molecule has 0 fully saturated rings. The fraction of sp³-hybridized carbons (Fsp3) is 0.278. The van der Waals surface area contributed by atoms with Crippen LogP contribution in [-0.2, 0) is 16.6 Å². The molecule has 0 unspecified atom stereocenters. The molecule has 3 N–H and O–H groups in total. The van der Waals surface area contributed by atoms with Gasteiger partial charge < -0.3 is 14.8 Å². The van der Waals surface area contributed by atoms with Crippen molar-refractivity contribution in [3.63, 3.8) is 0 Å². The van der Waals surface area contributed by atoms with Gasteiger partial charge in [-0.2, -0.15) is 0 Å². The van der Waals surface area contributed by atoms with Crippen molar-refractivity contribution >= 4 is 15.9 Å².